The van der Waals surface area contributed by atoms with E-state index in [4.69, 9.17) is 10.00 Å². The first kappa shape index (κ1) is 15.8. The molecule has 0 radical (unpaired) electrons. The fourth-order valence-corrected chi connectivity index (χ4v) is 2.50. The lowest BCUT2D eigenvalue weighted by molar-refractivity contribution is -0.149. The van der Waals surface area contributed by atoms with Gasteiger partial charge in [0.05, 0.1) is 23.7 Å². The smallest absolute Gasteiger partial charge is 0.316 e. The standard InChI is InChI=1S/C19H19NO2/c1-3-22-18(21)19(2,13-15-7-5-4-6-8-15)17-11-9-16(14-20)10-12-17/h4-12H,3,13H2,1-2H3. The molecule has 112 valence electrons. The summed E-state index contributed by atoms with van der Waals surface area (Å²) in [6.45, 7) is 4.04. The van der Waals surface area contributed by atoms with Crippen molar-refractivity contribution in [1.29, 1.82) is 5.26 Å². The second-order valence-electron chi connectivity index (χ2n) is 5.40. The third-order valence-electron chi connectivity index (χ3n) is 3.78. The maximum atomic E-state index is 12.5. The average Bonchev–Trinajstić information content (AvgIpc) is 2.56. The Kier molecular flexibility index (Phi) is 4.95. The van der Waals surface area contributed by atoms with E-state index < -0.39 is 5.41 Å². The number of benzene rings is 2. The highest BCUT2D eigenvalue weighted by Gasteiger charge is 2.36. The molecule has 0 aliphatic rings. The van der Waals surface area contributed by atoms with Gasteiger partial charge in [0, 0.05) is 0 Å². The second kappa shape index (κ2) is 6.91. The minimum Gasteiger partial charge on any atom is -0.465 e. The number of nitriles is 1. The fraction of sp³-hybridized carbons (Fsp3) is 0.263. The first-order chi connectivity index (χ1) is 10.6. The number of hydrogen-bond acceptors (Lipinski definition) is 3. The van der Waals surface area contributed by atoms with Crippen LogP contribution in [-0.2, 0) is 21.4 Å². The first-order valence-corrected chi connectivity index (χ1v) is 7.32. The number of hydrogen-bond donors (Lipinski definition) is 0. The van der Waals surface area contributed by atoms with Crippen molar-refractivity contribution in [3.05, 3.63) is 71.3 Å². The van der Waals surface area contributed by atoms with E-state index in [9.17, 15) is 4.79 Å². The fourth-order valence-electron chi connectivity index (χ4n) is 2.50. The highest BCUT2D eigenvalue weighted by atomic mass is 16.5. The summed E-state index contributed by atoms with van der Waals surface area (Å²) in [6.07, 6.45) is 0.554. The number of carbonyl (C=O) groups excluding carboxylic acids is 1. The van der Waals surface area contributed by atoms with Crippen LogP contribution in [0, 0.1) is 11.3 Å². The largest absolute Gasteiger partial charge is 0.465 e. The molecule has 22 heavy (non-hydrogen) atoms. The Morgan fingerprint density at radius 1 is 1.14 bits per heavy atom. The summed E-state index contributed by atoms with van der Waals surface area (Å²) in [6, 6.07) is 19.1. The van der Waals surface area contributed by atoms with Crippen LogP contribution in [0.2, 0.25) is 0 Å². The minimum atomic E-state index is -0.772. The minimum absolute atomic E-state index is 0.247. The van der Waals surface area contributed by atoms with E-state index in [0.717, 1.165) is 11.1 Å². The monoisotopic (exact) mass is 293 g/mol. The zero-order chi connectivity index (χ0) is 16.0. The number of carbonyl (C=O) groups is 1. The summed E-state index contributed by atoms with van der Waals surface area (Å²) in [5.74, 6) is -0.247. The van der Waals surface area contributed by atoms with Crippen LogP contribution in [0.25, 0.3) is 0 Å². The van der Waals surface area contributed by atoms with Gasteiger partial charge in [-0.1, -0.05) is 42.5 Å². The van der Waals surface area contributed by atoms with Crippen molar-refractivity contribution in [1.82, 2.24) is 0 Å². The Hall–Kier alpha value is -2.60. The Bertz CT molecular complexity index is 671. The molecule has 1 unspecified atom stereocenters. The third-order valence-corrected chi connectivity index (χ3v) is 3.78. The van der Waals surface area contributed by atoms with Gasteiger partial charge in [0.2, 0.25) is 0 Å². The van der Waals surface area contributed by atoms with Gasteiger partial charge in [-0.3, -0.25) is 4.79 Å². The highest BCUT2D eigenvalue weighted by Crippen LogP contribution is 2.30. The van der Waals surface area contributed by atoms with Gasteiger partial charge in [0.1, 0.15) is 0 Å². The highest BCUT2D eigenvalue weighted by molar-refractivity contribution is 5.83. The predicted octanol–water partition coefficient (Wildman–Crippen LogP) is 3.62. The Morgan fingerprint density at radius 3 is 2.32 bits per heavy atom. The summed E-state index contributed by atoms with van der Waals surface area (Å²) in [5, 5.41) is 8.92. The lowest BCUT2D eigenvalue weighted by Gasteiger charge is -2.28. The summed E-state index contributed by atoms with van der Waals surface area (Å²) < 4.78 is 5.29. The maximum Gasteiger partial charge on any atom is 0.316 e. The summed E-state index contributed by atoms with van der Waals surface area (Å²) in [4.78, 5) is 12.5. The van der Waals surface area contributed by atoms with Crippen molar-refractivity contribution in [2.24, 2.45) is 0 Å². The lowest BCUT2D eigenvalue weighted by atomic mass is 9.77. The van der Waals surface area contributed by atoms with Gasteiger partial charge in [0.25, 0.3) is 0 Å². The molecule has 2 aromatic rings. The molecule has 0 aromatic heterocycles. The predicted molar refractivity (Wildman–Crippen MR) is 85.3 cm³/mol. The van der Waals surface area contributed by atoms with Crippen molar-refractivity contribution in [3.8, 4) is 6.07 Å². The van der Waals surface area contributed by atoms with E-state index in [0.29, 0.717) is 18.6 Å². The molecule has 0 saturated heterocycles. The molecule has 0 spiro atoms. The van der Waals surface area contributed by atoms with Crippen LogP contribution in [0.3, 0.4) is 0 Å². The quantitative estimate of drug-likeness (QED) is 0.791. The molecule has 0 aliphatic heterocycles. The molecule has 3 nitrogen and oxygen atoms in total. The average molecular weight is 293 g/mol. The summed E-state index contributed by atoms with van der Waals surface area (Å²) in [7, 11) is 0. The normalized spacial score (nSPS) is 13.0. The van der Waals surface area contributed by atoms with Gasteiger partial charge in [-0.05, 0) is 43.5 Å². The van der Waals surface area contributed by atoms with Crippen molar-refractivity contribution in [3.63, 3.8) is 0 Å². The van der Waals surface area contributed by atoms with Crippen molar-refractivity contribution < 1.29 is 9.53 Å². The van der Waals surface area contributed by atoms with E-state index in [-0.39, 0.29) is 5.97 Å². The zero-order valence-corrected chi connectivity index (χ0v) is 12.9. The molecule has 0 heterocycles. The third kappa shape index (κ3) is 3.35. The molecule has 2 rings (SSSR count). The summed E-state index contributed by atoms with van der Waals surface area (Å²) in [5.41, 5.74) is 1.73. The first-order valence-electron chi connectivity index (χ1n) is 7.32. The number of esters is 1. The van der Waals surface area contributed by atoms with Gasteiger partial charge in [-0.2, -0.15) is 5.26 Å². The lowest BCUT2D eigenvalue weighted by Crippen LogP contribution is -2.36. The molecular weight excluding hydrogens is 274 g/mol. The second-order valence-corrected chi connectivity index (χ2v) is 5.40. The Balaban J connectivity index is 2.40. The topological polar surface area (TPSA) is 50.1 Å². The molecular formula is C19H19NO2. The molecule has 0 aliphatic carbocycles. The Labute approximate surface area is 131 Å². The maximum absolute atomic E-state index is 12.5. The van der Waals surface area contributed by atoms with E-state index in [2.05, 4.69) is 6.07 Å². The van der Waals surface area contributed by atoms with Crippen LogP contribution in [0.4, 0.5) is 0 Å². The zero-order valence-electron chi connectivity index (χ0n) is 12.9. The number of rotatable bonds is 5. The van der Waals surface area contributed by atoms with Crippen molar-refractivity contribution >= 4 is 5.97 Å². The molecule has 3 heteroatoms. The molecule has 0 amide bonds. The van der Waals surface area contributed by atoms with Gasteiger partial charge < -0.3 is 4.74 Å². The Morgan fingerprint density at radius 2 is 1.77 bits per heavy atom. The van der Waals surface area contributed by atoms with Crippen LogP contribution in [0.5, 0.6) is 0 Å². The molecule has 2 aromatic carbocycles. The van der Waals surface area contributed by atoms with Crippen molar-refractivity contribution in [2.45, 2.75) is 25.7 Å². The van der Waals surface area contributed by atoms with E-state index in [1.54, 1.807) is 19.1 Å². The van der Waals surface area contributed by atoms with Crippen LogP contribution in [0.15, 0.2) is 54.6 Å². The number of ether oxygens (including phenoxy) is 1. The van der Waals surface area contributed by atoms with Crippen molar-refractivity contribution in [2.75, 3.05) is 6.61 Å². The van der Waals surface area contributed by atoms with Gasteiger partial charge >= 0.3 is 5.97 Å². The van der Waals surface area contributed by atoms with Crippen LogP contribution in [0.1, 0.15) is 30.5 Å². The van der Waals surface area contributed by atoms with Gasteiger partial charge in [-0.15, -0.1) is 0 Å². The molecule has 0 N–H and O–H groups in total. The SMILES string of the molecule is CCOC(=O)C(C)(Cc1ccccc1)c1ccc(C#N)cc1. The number of nitrogens with zero attached hydrogens (tertiary/aromatic N) is 1. The van der Waals surface area contributed by atoms with E-state index in [1.165, 1.54) is 0 Å². The molecule has 0 bridgehead atoms. The summed E-state index contributed by atoms with van der Waals surface area (Å²) >= 11 is 0. The molecule has 0 fully saturated rings. The molecule has 1 atom stereocenters. The van der Waals surface area contributed by atoms with Crippen LogP contribution in [-0.4, -0.2) is 12.6 Å². The van der Waals surface area contributed by atoms with Gasteiger partial charge in [-0.25, -0.2) is 0 Å². The van der Waals surface area contributed by atoms with E-state index in [1.807, 2.05) is 49.4 Å². The van der Waals surface area contributed by atoms with Gasteiger partial charge in [0.15, 0.2) is 0 Å². The van der Waals surface area contributed by atoms with E-state index >= 15 is 0 Å². The molecule has 0 saturated carbocycles. The van der Waals surface area contributed by atoms with Crippen LogP contribution >= 0.6 is 0 Å². The van der Waals surface area contributed by atoms with Crippen LogP contribution < -0.4 is 0 Å².